The molecule has 0 saturated carbocycles. The van der Waals surface area contributed by atoms with E-state index in [0.29, 0.717) is 15.9 Å². The predicted molar refractivity (Wildman–Crippen MR) is 44.9 cm³/mol. The Bertz CT molecular complexity index is 389. The number of amides is 1. The van der Waals surface area contributed by atoms with Crippen LogP contribution in [0.2, 0.25) is 0 Å². The molecule has 0 unspecified atom stereocenters. The molecular weight excluding hydrogens is 224 g/mol. The molecule has 0 radical (unpaired) electrons. The fourth-order valence-corrected chi connectivity index (χ4v) is 1.51. The number of ketones is 1. The molecule has 1 aromatic rings. The van der Waals surface area contributed by atoms with Gasteiger partial charge in [-0.3, -0.25) is 9.59 Å². The van der Waals surface area contributed by atoms with E-state index in [1.807, 2.05) is 0 Å². The second kappa shape index (κ2) is 2.38. The molecule has 0 aliphatic carbocycles. The van der Waals surface area contributed by atoms with Crippen LogP contribution in [0.1, 0.15) is 10.4 Å². The summed E-state index contributed by atoms with van der Waals surface area (Å²) in [4.78, 5) is 25.8. The van der Waals surface area contributed by atoms with Gasteiger partial charge in [-0.05, 0) is 22.0 Å². The minimum atomic E-state index is -0.621. The Labute approximate surface area is 76.1 Å². The maximum atomic E-state index is 11.1. The molecule has 0 spiro atoms. The van der Waals surface area contributed by atoms with Gasteiger partial charge in [0, 0.05) is 10.7 Å². The summed E-state index contributed by atoms with van der Waals surface area (Å²) in [5, 5.41) is 2.36. The van der Waals surface area contributed by atoms with Crippen molar-refractivity contribution >= 4 is 33.4 Å². The van der Waals surface area contributed by atoms with Gasteiger partial charge in [0.25, 0.3) is 11.7 Å². The maximum Gasteiger partial charge on any atom is 0.298 e. The first-order valence-electron chi connectivity index (χ1n) is 3.20. The second-order valence-corrected chi connectivity index (χ2v) is 3.15. The first-order chi connectivity index (χ1) is 5.70. The number of rotatable bonds is 0. The largest absolute Gasteiger partial charge is 0.303 e. The summed E-state index contributed by atoms with van der Waals surface area (Å²) in [6.45, 7) is 0. The number of carbonyl (C=O) groups is 2. The van der Waals surface area contributed by atoms with Crippen LogP contribution in [0.25, 0.3) is 0 Å². The number of anilines is 1. The fourth-order valence-electron chi connectivity index (χ4n) is 1.03. The van der Waals surface area contributed by atoms with E-state index in [-0.39, 0.29) is 0 Å². The third kappa shape index (κ3) is 0.863. The number of Topliss-reactive ketones (excluding diaryl/α,β-unsaturated/α-hetero) is 1. The fraction of sp³-hybridized carbons (Fsp3) is 0. The number of aromatic nitrogens is 1. The number of nitrogens with zero attached hydrogens (tertiary/aromatic N) is 1. The average molecular weight is 227 g/mol. The molecule has 1 aliphatic rings. The second-order valence-electron chi connectivity index (χ2n) is 2.30. The standard InChI is InChI=1S/C7H3BrN2O2/c8-3-1-2-9-6-4(3)5(11)7(12)10-6/h1-2H,(H,9,10,11,12). The molecule has 1 aliphatic heterocycles. The Kier molecular flexibility index (Phi) is 1.47. The first-order valence-corrected chi connectivity index (χ1v) is 3.99. The van der Waals surface area contributed by atoms with Gasteiger partial charge in [0.15, 0.2) is 0 Å². The van der Waals surface area contributed by atoms with Gasteiger partial charge in [-0.1, -0.05) is 0 Å². The zero-order valence-corrected chi connectivity index (χ0v) is 7.38. The summed E-state index contributed by atoms with van der Waals surface area (Å²) in [5.74, 6) is -0.825. The van der Waals surface area contributed by atoms with Crippen molar-refractivity contribution in [3.63, 3.8) is 0 Å². The third-order valence-corrected chi connectivity index (χ3v) is 2.23. The summed E-state index contributed by atoms with van der Waals surface area (Å²) < 4.78 is 0.593. The summed E-state index contributed by atoms with van der Waals surface area (Å²) in [7, 11) is 0. The van der Waals surface area contributed by atoms with Crippen molar-refractivity contribution in [2.24, 2.45) is 0 Å². The Hall–Kier alpha value is -1.23. The lowest BCUT2D eigenvalue weighted by Gasteiger charge is -1.95. The van der Waals surface area contributed by atoms with Gasteiger partial charge in [0.1, 0.15) is 5.82 Å². The van der Waals surface area contributed by atoms with Crippen LogP contribution in [0, 0.1) is 0 Å². The van der Waals surface area contributed by atoms with E-state index in [1.54, 1.807) is 6.07 Å². The Balaban J connectivity index is 2.70. The van der Waals surface area contributed by atoms with Gasteiger partial charge in [-0.15, -0.1) is 0 Å². The van der Waals surface area contributed by atoms with Crippen molar-refractivity contribution in [2.75, 3.05) is 5.32 Å². The van der Waals surface area contributed by atoms with Crippen LogP contribution in [0.3, 0.4) is 0 Å². The van der Waals surface area contributed by atoms with Crippen molar-refractivity contribution in [1.82, 2.24) is 4.98 Å². The van der Waals surface area contributed by atoms with Crippen LogP contribution in [0.4, 0.5) is 5.82 Å². The van der Waals surface area contributed by atoms with Crippen molar-refractivity contribution in [3.05, 3.63) is 22.3 Å². The highest BCUT2D eigenvalue weighted by Gasteiger charge is 2.30. The molecule has 60 valence electrons. The molecular formula is C7H3BrN2O2. The number of pyridine rings is 1. The van der Waals surface area contributed by atoms with Crippen LogP contribution in [0.5, 0.6) is 0 Å². The molecule has 0 saturated heterocycles. The molecule has 2 heterocycles. The monoisotopic (exact) mass is 226 g/mol. The Morgan fingerprint density at radius 1 is 1.42 bits per heavy atom. The number of hydrogen-bond acceptors (Lipinski definition) is 3. The maximum absolute atomic E-state index is 11.1. The van der Waals surface area contributed by atoms with Crippen LogP contribution >= 0.6 is 15.9 Å². The van der Waals surface area contributed by atoms with Gasteiger partial charge < -0.3 is 5.32 Å². The predicted octanol–water partition coefficient (Wildman–Crippen LogP) is 0.979. The van der Waals surface area contributed by atoms with Crippen molar-refractivity contribution in [3.8, 4) is 0 Å². The molecule has 12 heavy (non-hydrogen) atoms. The summed E-state index contributed by atoms with van der Waals surface area (Å²) in [6.07, 6.45) is 1.52. The van der Waals surface area contributed by atoms with Crippen LogP contribution in [-0.4, -0.2) is 16.7 Å². The number of hydrogen-bond donors (Lipinski definition) is 1. The van der Waals surface area contributed by atoms with E-state index in [2.05, 4.69) is 26.2 Å². The molecule has 0 bridgehead atoms. The number of fused-ring (bicyclic) bond motifs is 1. The smallest absolute Gasteiger partial charge is 0.298 e. The topological polar surface area (TPSA) is 59.1 Å². The number of carbonyl (C=O) groups excluding carboxylic acids is 2. The minimum Gasteiger partial charge on any atom is -0.303 e. The van der Waals surface area contributed by atoms with Gasteiger partial charge in [-0.25, -0.2) is 4.98 Å². The lowest BCUT2D eigenvalue weighted by atomic mass is 10.2. The molecule has 1 amide bonds. The Morgan fingerprint density at radius 2 is 2.17 bits per heavy atom. The molecule has 1 N–H and O–H groups in total. The Morgan fingerprint density at radius 3 is 2.83 bits per heavy atom. The number of nitrogens with one attached hydrogen (secondary N) is 1. The van der Waals surface area contributed by atoms with Gasteiger partial charge in [0.2, 0.25) is 0 Å². The lowest BCUT2D eigenvalue weighted by molar-refractivity contribution is -0.112. The van der Waals surface area contributed by atoms with Gasteiger partial charge >= 0.3 is 0 Å². The van der Waals surface area contributed by atoms with Gasteiger partial charge in [-0.2, -0.15) is 0 Å². The summed E-state index contributed by atoms with van der Waals surface area (Å²) >= 11 is 3.16. The highest BCUT2D eigenvalue weighted by Crippen LogP contribution is 2.27. The quantitative estimate of drug-likeness (QED) is 0.672. The van der Waals surface area contributed by atoms with Crippen LogP contribution in [0.15, 0.2) is 16.7 Å². The van der Waals surface area contributed by atoms with E-state index in [1.165, 1.54) is 6.20 Å². The van der Waals surface area contributed by atoms with Crippen molar-refractivity contribution in [2.45, 2.75) is 0 Å². The summed E-state index contributed by atoms with van der Waals surface area (Å²) in [5.41, 5.74) is 0.322. The molecule has 5 heteroatoms. The molecule has 1 aromatic heterocycles. The van der Waals surface area contributed by atoms with Crippen LogP contribution in [-0.2, 0) is 4.79 Å². The normalized spacial score (nSPS) is 14.4. The molecule has 0 aromatic carbocycles. The van der Waals surface area contributed by atoms with E-state index in [0.717, 1.165) is 0 Å². The van der Waals surface area contributed by atoms with E-state index in [4.69, 9.17) is 0 Å². The molecule has 0 atom stereocenters. The van der Waals surface area contributed by atoms with Crippen LogP contribution < -0.4 is 5.32 Å². The van der Waals surface area contributed by atoms with Crippen molar-refractivity contribution < 1.29 is 9.59 Å². The molecule has 0 fully saturated rings. The van der Waals surface area contributed by atoms with E-state index >= 15 is 0 Å². The zero-order chi connectivity index (χ0) is 8.72. The zero-order valence-electron chi connectivity index (χ0n) is 5.80. The van der Waals surface area contributed by atoms with Gasteiger partial charge in [0.05, 0.1) is 5.56 Å². The lowest BCUT2D eigenvalue weighted by Crippen LogP contribution is -2.12. The SMILES string of the molecule is O=C1Nc2nccc(Br)c2C1=O. The number of halogens is 1. The van der Waals surface area contributed by atoms with E-state index in [9.17, 15) is 9.59 Å². The highest BCUT2D eigenvalue weighted by atomic mass is 79.9. The third-order valence-electron chi connectivity index (χ3n) is 1.57. The highest BCUT2D eigenvalue weighted by molar-refractivity contribution is 9.10. The minimum absolute atomic E-state index is 0.322. The van der Waals surface area contributed by atoms with Crippen molar-refractivity contribution in [1.29, 1.82) is 0 Å². The summed E-state index contributed by atoms with van der Waals surface area (Å²) in [6, 6.07) is 1.62. The molecule has 2 rings (SSSR count). The average Bonchev–Trinajstić information content (AvgIpc) is 2.29. The van der Waals surface area contributed by atoms with E-state index < -0.39 is 11.7 Å². The molecule has 4 nitrogen and oxygen atoms in total. The first kappa shape index (κ1) is 7.42.